The molecule has 2 heterocycles. The van der Waals surface area contributed by atoms with Crippen LogP contribution in [0, 0.1) is 0 Å². The number of aromatic nitrogens is 2. The van der Waals surface area contributed by atoms with E-state index >= 15 is 0 Å². The topological polar surface area (TPSA) is 109 Å². The Balaban J connectivity index is 0.00000300. The number of nitrogens with two attached hydrogens (primary N) is 1. The Morgan fingerprint density at radius 1 is 1.17 bits per heavy atom. The van der Waals surface area contributed by atoms with Crippen molar-refractivity contribution < 1.29 is 9.53 Å². The number of rotatable bonds is 6. The summed E-state index contributed by atoms with van der Waals surface area (Å²) in [5.74, 6) is 1.83. The third-order valence-corrected chi connectivity index (χ3v) is 4.44. The molecule has 10 heteroatoms. The molecule has 1 aromatic heterocycles. The minimum atomic E-state index is 0. The molecule has 3 N–H and O–H groups in total. The van der Waals surface area contributed by atoms with Crippen molar-refractivity contribution >= 4 is 47.5 Å². The van der Waals surface area contributed by atoms with Crippen LogP contribution < -0.4 is 20.7 Å². The molecule has 0 spiro atoms. The van der Waals surface area contributed by atoms with E-state index in [4.69, 9.17) is 10.5 Å². The van der Waals surface area contributed by atoms with E-state index in [-0.39, 0.29) is 35.8 Å². The number of nitrogens with zero attached hydrogens (tertiary/aromatic N) is 5. The molecule has 3 rings (SSSR count). The molecule has 0 atom stereocenters. The van der Waals surface area contributed by atoms with Gasteiger partial charge >= 0.3 is 0 Å². The highest BCUT2D eigenvalue weighted by molar-refractivity contribution is 14.0. The van der Waals surface area contributed by atoms with Gasteiger partial charge in [0.25, 0.3) is 0 Å². The first-order valence-corrected chi connectivity index (χ1v) is 9.16. The first-order chi connectivity index (χ1) is 13.7. The molecule has 1 aromatic carbocycles. The van der Waals surface area contributed by atoms with Crippen molar-refractivity contribution in [2.24, 2.45) is 10.7 Å². The summed E-state index contributed by atoms with van der Waals surface area (Å²) in [4.78, 5) is 29.1. The average molecular weight is 511 g/mol. The predicted molar refractivity (Wildman–Crippen MR) is 124 cm³/mol. The van der Waals surface area contributed by atoms with Crippen LogP contribution in [0.25, 0.3) is 0 Å². The number of halogens is 1. The number of carbonyl (C=O) groups is 1. The number of piperazine rings is 1. The largest absolute Gasteiger partial charge is 0.497 e. The summed E-state index contributed by atoms with van der Waals surface area (Å²) in [7, 11) is 1.62. The second-order valence-corrected chi connectivity index (χ2v) is 6.29. The fourth-order valence-corrected chi connectivity index (χ4v) is 2.90. The van der Waals surface area contributed by atoms with E-state index in [9.17, 15) is 4.79 Å². The summed E-state index contributed by atoms with van der Waals surface area (Å²) < 4.78 is 5.11. The van der Waals surface area contributed by atoms with Gasteiger partial charge < -0.3 is 25.6 Å². The van der Waals surface area contributed by atoms with Crippen LogP contribution in [0.4, 0.5) is 11.6 Å². The molecule has 1 aliphatic heterocycles. The van der Waals surface area contributed by atoms with Crippen LogP contribution in [0.5, 0.6) is 5.75 Å². The third-order valence-electron chi connectivity index (χ3n) is 4.44. The Hall–Kier alpha value is -2.63. The number of methoxy groups -OCH3 is 1. The summed E-state index contributed by atoms with van der Waals surface area (Å²) in [5.41, 5.74) is 6.70. The van der Waals surface area contributed by atoms with Crippen LogP contribution in [0.2, 0.25) is 0 Å². The Bertz CT molecular complexity index is 794. The quantitative estimate of drug-likeness (QED) is 0.344. The molecule has 1 aliphatic rings. The minimum Gasteiger partial charge on any atom is -0.497 e. The Labute approximate surface area is 187 Å². The maximum atomic E-state index is 12.4. The van der Waals surface area contributed by atoms with Gasteiger partial charge in [-0.2, -0.15) is 0 Å². The molecule has 0 saturated carbocycles. The maximum absolute atomic E-state index is 12.4. The van der Waals surface area contributed by atoms with Crippen molar-refractivity contribution in [1.82, 2.24) is 14.9 Å². The van der Waals surface area contributed by atoms with Gasteiger partial charge in [0, 0.05) is 50.7 Å². The lowest BCUT2D eigenvalue weighted by Crippen LogP contribution is -2.49. The van der Waals surface area contributed by atoms with Gasteiger partial charge in [0.1, 0.15) is 5.75 Å². The van der Waals surface area contributed by atoms with Crippen molar-refractivity contribution in [3.05, 3.63) is 42.7 Å². The lowest BCUT2D eigenvalue weighted by molar-refractivity contribution is -0.131. The number of anilines is 2. The molecule has 1 amide bonds. The Morgan fingerprint density at radius 2 is 1.83 bits per heavy atom. The molecule has 0 radical (unpaired) electrons. The fourth-order valence-electron chi connectivity index (χ4n) is 2.90. The van der Waals surface area contributed by atoms with Gasteiger partial charge in [-0.3, -0.25) is 9.79 Å². The number of guanidine groups is 1. The molecular formula is C19H26IN7O2. The molecule has 1 saturated heterocycles. The predicted octanol–water partition coefficient (Wildman–Crippen LogP) is 1.57. The zero-order chi connectivity index (χ0) is 19.8. The van der Waals surface area contributed by atoms with Gasteiger partial charge in [-0.15, -0.1) is 24.0 Å². The van der Waals surface area contributed by atoms with Gasteiger partial charge in [-0.1, -0.05) is 0 Å². The van der Waals surface area contributed by atoms with Crippen LogP contribution >= 0.6 is 24.0 Å². The van der Waals surface area contributed by atoms with Gasteiger partial charge in [0.05, 0.1) is 13.7 Å². The highest BCUT2D eigenvalue weighted by Gasteiger charge is 2.21. The normalized spacial score (nSPS) is 14.2. The number of hydrogen-bond acceptors (Lipinski definition) is 6. The zero-order valence-corrected chi connectivity index (χ0v) is 18.7. The lowest BCUT2D eigenvalue weighted by Gasteiger charge is -2.34. The number of nitrogens with one attached hydrogen (secondary N) is 1. The Kier molecular flexibility index (Phi) is 8.90. The average Bonchev–Trinajstić information content (AvgIpc) is 2.75. The van der Waals surface area contributed by atoms with Crippen molar-refractivity contribution in [2.45, 2.75) is 6.42 Å². The van der Waals surface area contributed by atoms with Crippen LogP contribution in [-0.4, -0.2) is 66.6 Å². The number of hydrogen-bond donors (Lipinski definition) is 2. The number of amides is 1. The molecular weight excluding hydrogens is 485 g/mol. The molecule has 1 fully saturated rings. The number of benzene rings is 1. The summed E-state index contributed by atoms with van der Waals surface area (Å²) >= 11 is 0. The van der Waals surface area contributed by atoms with E-state index in [1.54, 1.807) is 25.6 Å². The van der Waals surface area contributed by atoms with Gasteiger partial charge in [-0.25, -0.2) is 9.97 Å². The van der Waals surface area contributed by atoms with E-state index in [1.807, 2.05) is 29.2 Å². The smallest absolute Gasteiger partial charge is 0.225 e. The van der Waals surface area contributed by atoms with E-state index in [1.165, 1.54) is 0 Å². The molecule has 156 valence electrons. The van der Waals surface area contributed by atoms with E-state index in [2.05, 4.69) is 25.2 Å². The monoisotopic (exact) mass is 511 g/mol. The fraction of sp³-hybridized carbons (Fsp3) is 0.368. The summed E-state index contributed by atoms with van der Waals surface area (Å²) in [6.07, 6.45) is 3.78. The zero-order valence-electron chi connectivity index (χ0n) is 16.3. The van der Waals surface area contributed by atoms with Gasteiger partial charge in [-0.05, 0) is 30.3 Å². The molecule has 2 aromatic rings. The van der Waals surface area contributed by atoms with E-state index in [0.717, 1.165) is 24.5 Å². The standard InChI is InChI=1S/C19H25N7O2.HI/c1-28-16-5-3-15(4-6-16)24-18(20)21-10-7-17(27)25-11-13-26(14-12-25)19-22-8-2-9-23-19;/h2-6,8-9H,7,10-14H2,1H3,(H3,20,21,24);1H. The number of aliphatic imine (C=N–C) groups is 1. The van der Waals surface area contributed by atoms with Crippen LogP contribution in [0.15, 0.2) is 47.7 Å². The van der Waals surface area contributed by atoms with E-state index < -0.39 is 0 Å². The van der Waals surface area contributed by atoms with Crippen LogP contribution in [-0.2, 0) is 4.79 Å². The highest BCUT2D eigenvalue weighted by atomic mass is 127. The number of ether oxygens (including phenoxy) is 1. The molecule has 0 unspecified atom stereocenters. The van der Waals surface area contributed by atoms with Crippen molar-refractivity contribution in [3.63, 3.8) is 0 Å². The van der Waals surface area contributed by atoms with Gasteiger partial charge in [0.2, 0.25) is 11.9 Å². The van der Waals surface area contributed by atoms with Gasteiger partial charge in [0.15, 0.2) is 5.96 Å². The lowest BCUT2D eigenvalue weighted by atomic mass is 10.3. The van der Waals surface area contributed by atoms with Crippen molar-refractivity contribution in [3.8, 4) is 5.75 Å². The summed E-state index contributed by atoms with van der Waals surface area (Å²) in [6, 6.07) is 9.15. The van der Waals surface area contributed by atoms with Crippen LogP contribution in [0.1, 0.15) is 6.42 Å². The first-order valence-electron chi connectivity index (χ1n) is 9.16. The second-order valence-electron chi connectivity index (χ2n) is 6.29. The third kappa shape index (κ3) is 6.73. The molecule has 29 heavy (non-hydrogen) atoms. The van der Waals surface area contributed by atoms with Crippen molar-refractivity contribution in [1.29, 1.82) is 0 Å². The number of carbonyl (C=O) groups excluding carboxylic acids is 1. The Morgan fingerprint density at radius 3 is 2.45 bits per heavy atom. The summed E-state index contributed by atoms with van der Waals surface area (Å²) in [6.45, 7) is 3.09. The molecule has 0 bridgehead atoms. The minimum absolute atomic E-state index is 0. The summed E-state index contributed by atoms with van der Waals surface area (Å²) in [5, 5.41) is 3.00. The SMILES string of the molecule is COc1ccc(NC(N)=NCCC(=O)N2CCN(c3ncccn3)CC2)cc1.I. The van der Waals surface area contributed by atoms with Crippen molar-refractivity contribution in [2.75, 3.05) is 50.1 Å². The maximum Gasteiger partial charge on any atom is 0.225 e. The molecule has 0 aliphatic carbocycles. The van der Waals surface area contributed by atoms with E-state index in [0.29, 0.717) is 32.0 Å². The first kappa shape index (κ1) is 22.7. The highest BCUT2D eigenvalue weighted by Crippen LogP contribution is 2.14. The van der Waals surface area contributed by atoms with Crippen LogP contribution in [0.3, 0.4) is 0 Å². The second kappa shape index (κ2) is 11.4. The molecule has 9 nitrogen and oxygen atoms in total.